The molecule has 0 aromatic heterocycles. The van der Waals surface area contributed by atoms with E-state index in [2.05, 4.69) is 5.32 Å². The number of carbonyl (C=O) groups excluding carboxylic acids is 1. The van der Waals surface area contributed by atoms with Gasteiger partial charge in [0, 0.05) is 24.4 Å². The Morgan fingerprint density at radius 1 is 0.966 bits per heavy atom. The highest BCUT2D eigenvalue weighted by atomic mass is 32.2. The number of halogens is 1. The van der Waals surface area contributed by atoms with Gasteiger partial charge in [0.2, 0.25) is 5.91 Å². The number of rotatable bonds is 6. The van der Waals surface area contributed by atoms with Crippen molar-refractivity contribution in [2.24, 2.45) is 0 Å². The van der Waals surface area contributed by atoms with Crippen molar-refractivity contribution in [3.8, 4) is 0 Å². The lowest BCUT2D eigenvalue weighted by Gasteiger charge is -2.19. The fraction of sp³-hybridized carbons (Fsp3) is 0.0455. The van der Waals surface area contributed by atoms with E-state index >= 15 is 0 Å². The predicted molar refractivity (Wildman–Crippen MR) is 113 cm³/mol. The van der Waals surface area contributed by atoms with E-state index in [4.69, 9.17) is 0 Å². The van der Waals surface area contributed by atoms with Gasteiger partial charge in [-0.25, -0.2) is 12.8 Å². The smallest absolute Gasteiger partial charge is 0.264 e. The maximum atomic E-state index is 13.6. The lowest BCUT2D eigenvalue weighted by molar-refractivity contribution is -0.111. The standard InChI is InChI=1S/C22H19FN2O3S/c1-25(19-10-3-2-4-11-19)29(27,28)20-12-7-9-18(16-20)24-22(26)15-14-17-8-5-6-13-21(17)23/h2-16H,1H3,(H,24,26)/b15-14+. The molecule has 3 aromatic rings. The molecule has 1 amide bonds. The summed E-state index contributed by atoms with van der Waals surface area (Å²) < 4.78 is 40.5. The highest BCUT2D eigenvalue weighted by molar-refractivity contribution is 7.92. The van der Waals surface area contributed by atoms with Crippen molar-refractivity contribution in [1.29, 1.82) is 0 Å². The van der Waals surface area contributed by atoms with Crippen molar-refractivity contribution < 1.29 is 17.6 Å². The minimum absolute atomic E-state index is 0.0414. The quantitative estimate of drug-likeness (QED) is 0.616. The molecule has 0 aliphatic carbocycles. The first-order valence-corrected chi connectivity index (χ1v) is 10.2. The number of amides is 1. The van der Waals surface area contributed by atoms with Crippen LogP contribution >= 0.6 is 0 Å². The minimum atomic E-state index is -3.80. The lowest BCUT2D eigenvalue weighted by atomic mass is 10.2. The molecular formula is C22H19FN2O3S. The van der Waals surface area contributed by atoms with Gasteiger partial charge in [0.1, 0.15) is 5.82 Å². The van der Waals surface area contributed by atoms with E-state index in [-0.39, 0.29) is 10.5 Å². The van der Waals surface area contributed by atoms with Crippen LogP contribution in [0.1, 0.15) is 5.56 Å². The van der Waals surface area contributed by atoms with Crippen molar-refractivity contribution in [3.05, 3.63) is 96.3 Å². The van der Waals surface area contributed by atoms with Gasteiger partial charge in [-0.05, 0) is 42.5 Å². The van der Waals surface area contributed by atoms with E-state index in [0.717, 1.165) is 0 Å². The number of sulfonamides is 1. The Morgan fingerprint density at radius 2 is 1.66 bits per heavy atom. The van der Waals surface area contributed by atoms with Crippen LogP contribution in [0.25, 0.3) is 6.08 Å². The zero-order valence-corrected chi connectivity index (χ0v) is 16.4. The first-order valence-electron chi connectivity index (χ1n) is 8.75. The van der Waals surface area contributed by atoms with E-state index in [1.165, 1.54) is 41.7 Å². The summed E-state index contributed by atoms with van der Waals surface area (Å²) in [5.74, 6) is -0.937. The molecule has 0 aliphatic rings. The van der Waals surface area contributed by atoms with Crippen LogP contribution in [0.4, 0.5) is 15.8 Å². The lowest BCUT2D eigenvalue weighted by Crippen LogP contribution is -2.26. The van der Waals surface area contributed by atoms with Gasteiger partial charge < -0.3 is 5.32 Å². The van der Waals surface area contributed by atoms with Crippen LogP contribution in [-0.4, -0.2) is 21.4 Å². The maximum Gasteiger partial charge on any atom is 0.264 e. The summed E-state index contributed by atoms with van der Waals surface area (Å²) in [6.45, 7) is 0. The number of nitrogens with zero attached hydrogens (tertiary/aromatic N) is 1. The second kappa shape index (κ2) is 8.70. The predicted octanol–water partition coefficient (Wildman–Crippen LogP) is 4.30. The topological polar surface area (TPSA) is 66.5 Å². The second-order valence-corrected chi connectivity index (χ2v) is 8.15. The largest absolute Gasteiger partial charge is 0.322 e. The number of hydrogen-bond donors (Lipinski definition) is 1. The van der Waals surface area contributed by atoms with Crippen LogP contribution in [0, 0.1) is 5.82 Å². The van der Waals surface area contributed by atoms with Crippen LogP contribution in [0.15, 0.2) is 89.8 Å². The van der Waals surface area contributed by atoms with Gasteiger partial charge in [0.25, 0.3) is 10.0 Å². The fourth-order valence-corrected chi connectivity index (χ4v) is 3.87. The summed E-state index contributed by atoms with van der Waals surface area (Å²) in [7, 11) is -2.33. The average molecular weight is 410 g/mol. The van der Waals surface area contributed by atoms with Crippen molar-refractivity contribution >= 4 is 33.4 Å². The molecule has 0 aliphatic heterocycles. The Bertz CT molecular complexity index is 1150. The molecule has 0 fully saturated rings. The van der Waals surface area contributed by atoms with E-state index in [0.29, 0.717) is 11.4 Å². The Kier molecular flexibility index (Phi) is 6.09. The SMILES string of the molecule is CN(c1ccccc1)S(=O)(=O)c1cccc(NC(=O)/C=C/c2ccccc2F)c1. The molecule has 7 heteroatoms. The van der Waals surface area contributed by atoms with Gasteiger partial charge in [0.15, 0.2) is 0 Å². The van der Waals surface area contributed by atoms with E-state index in [1.54, 1.807) is 60.7 Å². The van der Waals surface area contributed by atoms with Gasteiger partial charge in [-0.2, -0.15) is 0 Å². The molecule has 5 nitrogen and oxygen atoms in total. The second-order valence-electron chi connectivity index (χ2n) is 6.18. The zero-order chi connectivity index (χ0) is 20.9. The first kappa shape index (κ1) is 20.3. The molecule has 29 heavy (non-hydrogen) atoms. The molecule has 0 saturated carbocycles. The third-order valence-electron chi connectivity index (χ3n) is 4.20. The van der Waals surface area contributed by atoms with E-state index in [9.17, 15) is 17.6 Å². The van der Waals surface area contributed by atoms with Crippen LogP contribution in [0.5, 0.6) is 0 Å². The van der Waals surface area contributed by atoms with Gasteiger partial charge in [0.05, 0.1) is 10.6 Å². The van der Waals surface area contributed by atoms with E-state index in [1.807, 2.05) is 0 Å². The molecule has 0 heterocycles. The average Bonchev–Trinajstić information content (AvgIpc) is 2.73. The third-order valence-corrected chi connectivity index (χ3v) is 5.98. The molecule has 3 aromatic carbocycles. The normalized spacial score (nSPS) is 11.4. The summed E-state index contributed by atoms with van der Waals surface area (Å²) >= 11 is 0. The summed E-state index contributed by atoms with van der Waals surface area (Å²) in [6.07, 6.45) is 2.55. The third kappa shape index (κ3) is 4.89. The summed E-state index contributed by atoms with van der Waals surface area (Å²) in [4.78, 5) is 12.2. The number of nitrogens with one attached hydrogen (secondary N) is 1. The molecule has 3 rings (SSSR count). The minimum Gasteiger partial charge on any atom is -0.322 e. The van der Waals surface area contributed by atoms with Crippen molar-refractivity contribution in [2.45, 2.75) is 4.90 Å². The fourth-order valence-electron chi connectivity index (χ4n) is 2.63. The van der Waals surface area contributed by atoms with Gasteiger partial charge in [-0.3, -0.25) is 9.10 Å². The van der Waals surface area contributed by atoms with E-state index < -0.39 is 21.7 Å². The summed E-state index contributed by atoms with van der Waals surface area (Å²) in [5, 5.41) is 2.59. The number of carbonyl (C=O) groups is 1. The van der Waals surface area contributed by atoms with Gasteiger partial charge in [-0.15, -0.1) is 0 Å². The van der Waals surface area contributed by atoms with Crippen molar-refractivity contribution in [3.63, 3.8) is 0 Å². The first-order chi connectivity index (χ1) is 13.9. The number of para-hydroxylation sites is 1. The molecule has 1 N–H and O–H groups in total. The van der Waals surface area contributed by atoms with Crippen LogP contribution < -0.4 is 9.62 Å². The highest BCUT2D eigenvalue weighted by Gasteiger charge is 2.21. The van der Waals surface area contributed by atoms with Crippen LogP contribution in [0.3, 0.4) is 0 Å². The zero-order valence-electron chi connectivity index (χ0n) is 15.6. The number of hydrogen-bond acceptors (Lipinski definition) is 3. The Balaban J connectivity index is 1.77. The van der Waals surface area contributed by atoms with Gasteiger partial charge >= 0.3 is 0 Å². The molecule has 0 radical (unpaired) electrons. The number of benzene rings is 3. The Labute approximate surface area is 169 Å². The van der Waals surface area contributed by atoms with Crippen molar-refractivity contribution in [1.82, 2.24) is 0 Å². The monoisotopic (exact) mass is 410 g/mol. The molecular weight excluding hydrogens is 391 g/mol. The maximum absolute atomic E-state index is 13.6. The molecule has 0 atom stereocenters. The van der Waals surface area contributed by atoms with Crippen LogP contribution in [0.2, 0.25) is 0 Å². The summed E-state index contributed by atoms with van der Waals surface area (Å²) in [5.41, 5.74) is 1.12. The molecule has 0 spiro atoms. The molecule has 0 unspecified atom stereocenters. The number of anilines is 2. The van der Waals surface area contributed by atoms with Crippen LogP contribution in [-0.2, 0) is 14.8 Å². The molecule has 148 valence electrons. The van der Waals surface area contributed by atoms with Gasteiger partial charge in [-0.1, -0.05) is 42.5 Å². The van der Waals surface area contributed by atoms with Crippen molar-refractivity contribution in [2.75, 3.05) is 16.7 Å². The summed E-state index contributed by atoms with van der Waals surface area (Å²) in [6, 6.07) is 20.7. The Hall–Kier alpha value is -3.45. The molecule has 0 saturated heterocycles. The molecule has 0 bridgehead atoms. The highest BCUT2D eigenvalue weighted by Crippen LogP contribution is 2.23. The Morgan fingerprint density at radius 3 is 2.38 bits per heavy atom.